The second-order valence-corrected chi connectivity index (χ2v) is 6.77. The quantitative estimate of drug-likeness (QED) is 0.827. The fourth-order valence-corrected chi connectivity index (χ4v) is 4.25. The summed E-state index contributed by atoms with van der Waals surface area (Å²) in [7, 11) is 0. The minimum Gasteiger partial charge on any atom is -0.374 e. The predicted molar refractivity (Wildman–Crippen MR) is 86.1 cm³/mol. The first-order valence-electron chi connectivity index (χ1n) is 8.77. The fraction of sp³-hybridized carbons (Fsp3) is 0.706. The lowest BCUT2D eigenvalue weighted by molar-refractivity contribution is -0.148. The van der Waals surface area contributed by atoms with Gasteiger partial charge in [0.2, 0.25) is 11.9 Å². The normalized spacial score (nSPS) is 31.0. The highest BCUT2D eigenvalue weighted by Gasteiger charge is 2.41. The molecule has 6 heteroatoms. The Kier molecular flexibility index (Phi) is 4.16. The van der Waals surface area contributed by atoms with Crippen molar-refractivity contribution in [2.45, 2.75) is 44.2 Å². The summed E-state index contributed by atoms with van der Waals surface area (Å²) >= 11 is 0. The zero-order chi connectivity index (χ0) is 15.6. The summed E-state index contributed by atoms with van der Waals surface area (Å²) in [6.45, 7) is 3.10. The highest BCUT2D eigenvalue weighted by Crippen LogP contribution is 2.32. The third kappa shape index (κ3) is 2.92. The molecule has 124 valence electrons. The van der Waals surface area contributed by atoms with Crippen LogP contribution in [0.3, 0.4) is 0 Å². The summed E-state index contributed by atoms with van der Waals surface area (Å²) < 4.78 is 5.84. The number of rotatable bonds is 2. The zero-order valence-corrected chi connectivity index (χ0v) is 13.4. The van der Waals surface area contributed by atoms with Gasteiger partial charge in [-0.15, -0.1) is 0 Å². The Bertz CT molecular complexity index is 553. The number of nitrogens with zero attached hydrogens (tertiary/aromatic N) is 4. The second kappa shape index (κ2) is 6.43. The van der Waals surface area contributed by atoms with Gasteiger partial charge in [-0.2, -0.15) is 0 Å². The van der Waals surface area contributed by atoms with Crippen LogP contribution in [0.25, 0.3) is 0 Å². The second-order valence-electron chi connectivity index (χ2n) is 6.77. The molecule has 2 aliphatic heterocycles. The van der Waals surface area contributed by atoms with Crippen LogP contribution in [-0.4, -0.2) is 59.2 Å². The maximum absolute atomic E-state index is 13.1. The summed E-state index contributed by atoms with van der Waals surface area (Å²) in [5.41, 5.74) is 0. The van der Waals surface area contributed by atoms with Gasteiger partial charge in [0.05, 0.1) is 24.7 Å². The molecule has 0 radical (unpaired) electrons. The molecule has 3 heterocycles. The number of carbonyl (C=O) groups is 1. The van der Waals surface area contributed by atoms with E-state index in [0.29, 0.717) is 18.6 Å². The van der Waals surface area contributed by atoms with Crippen molar-refractivity contribution < 1.29 is 9.53 Å². The van der Waals surface area contributed by atoms with Crippen LogP contribution in [0.5, 0.6) is 0 Å². The molecule has 0 aromatic carbocycles. The van der Waals surface area contributed by atoms with E-state index in [1.54, 1.807) is 12.4 Å². The van der Waals surface area contributed by atoms with Crippen molar-refractivity contribution in [2.75, 3.05) is 31.1 Å². The SMILES string of the molecule is O=C([C@@H]1CCCN(c2ncccn2)C1)N1CCO[C@@H]2CCC[C@@H]21. The minimum absolute atomic E-state index is 0.0620. The summed E-state index contributed by atoms with van der Waals surface area (Å²) in [4.78, 5) is 26.0. The van der Waals surface area contributed by atoms with Gasteiger partial charge in [0.15, 0.2) is 0 Å². The van der Waals surface area contributed by atoms with Crippen LogP contribution in [0.4, 0.5) is 5.95 Å². The summed E-state index contributed by atoms with van der Waals surface area (Å²) in [6.07, 6.45) is 9.15. The molecule has 1 aromatic heterocycles. The Hall–Kier alpha value is -1.69. The topological polar surface area (TPSA) is 58.6 Å². The van der Waals surface area contributed by atoms with Gasteiger partial charge >= 0.3 is 0 Å². The van der Waals surface area contributed by atoms with E-state index >= 15 is 0 Å². The van der Waals surface area contributed by atoms with Gasteiger partial charge in [-0.25, -0.2) is 9.97 Å². The van der Waals surface area contributed by atoms with Crippen molar-refractivity contribution in [3.05, 3.63) is 18.5 Å². The third-order valence-corrected chi connectivity index (χ3v) is 5.37. The van der Waals surface area contributed by atoms with E-state index in [4.69, 9.17) is 4.74 Å². The van der Waals surface area contributed by atoms with Gasteiger partial charge < -0.3 is 14.5 Å². The van der Waals surface area contributed by atoms with Crippen molar-refractivity contribution in [3.8, 4) is 0 Å². The molecule has 3 aliphatic rings. The number of amides is 1. The number of morpholine rings is 1. The molecule has 0 N–H and O–H groups in total. The van der Waals surface area contributed by atoms with Gasteiger partial charge in [-0.3, -0.25) is 4.79 Å². The van der Waals surface area contributed by atoms with E-state index < -0.39 is 0 Å². The van der Waals surface area contributed by atoms with Crippen molar-refractivity contribution in [3.63, 3.8) is 0 Å². The molecule has 0 unspecified atom stereocenters. The Morgan fingerprint density at radius 1 is 1.13 bits per heavy atom. The molecule has 3 atom stereocenters. The number of hydrogen-bond donors (Lipinski definition) is 0. The maximum Gasteiger partial charge on any atom is 0.227 e. The lowest BCUT2D eigenvalue weighted by atomic mass is 9.95. The molecule has 3 fully saturated rings. The average molecular weight is 316 g/mol. The molecule has 6 nitrogen and oxygen atoms in total. The molecular weight excluding hydrogens is 292 g/mol. The summed E-state index contributed by atoms with van der Waals surface area (Å²) in [5, 5.41) is 0. The smallest absolute Gasteiger partial charge is 0.227 e. The molecule has 23 heavy (non-hydrogen) atoms. The van der Waals surface area contributed by atoms with E-state index in [0.717, 1.165) is 51.3 Å². The van der Waals surface area contributed by atoms with Crippen LogP contribution in [-0.2, 0) is 9.53 Å². The van der Waals surface area contributed by atoms with Gasteiger partial charge in [-0.05, 0) is 38.2 Å². The Balaban J connectivity index is 1.45. The molecular formula is C17H24N4O2. The molecule has 1 aromatic rings. The van der Waals surface area contributed by atoms with Crippen molar-refractivity contribution in [1.29, 1.82) is 0 Å². The zero-order valence-electron chi connectivity index (χ0n) is 13.4. The number of ether oxygens (including phenoxy) is 1. The standard InChI is InChI=1S/C17H24N4O2/c22-16(21-10-11-23-15-6-1-5-14(15)21)13-4-2-9-20(12-13)17-18-7-3-8-19-17/h3,7-8,13-15H,1-2,4-6,9-12H2/t13-,14+,15-/m1/s1. The summed E-state index contributed by atoms with van der Waals surface area (Å²) in [6, 6.07) is 2.13. The highest BCUT2D eigenvalue weighted by molar-refractivity contribution is 5.80. The number of aromatic nitrogens is 2. The van der Waals surface area contributed by atoms with Crippen LogP contribution in [0.1, 0.15) is 32.1 Å². The van der Waals surface area contributed by atoms with Crippen molar-refractivity contribution >= 4 is 11.9 Å². The number of anilines is 1. The predicted octanol–water partition coefficient (Wildman–Crippen LogP) is 1.47. The average Bonchev–Trinajstić information content (AvgIpc) is 3.11. The van der Waals surface area contributed by atoms with Gasteiger partial charge in [-0.1, -0.05) is 0 Å². The first-order chi connectivity index (χ1) is 11.3. The minimum atomic E-state index is 0.0620. The van der Waals surface area contributed by atoms with Gasteiger partial charge in [0.1, 0.15) is 0 Å². The molecule has 4 rings (SSSR count). The van der Waals surface area contributed by atoms with Crippen molar-refractivity contribution in [1.82, 2.24) is 14.9 Å². The molecule has 1 saturated carbocycles. The number of fused-ring (bicyclic) bond motifs is 1. The monoisotopic (exact) mass is 316 g/mol. The molecule has 2 saturated heterocycles. The highest BCUT2D eigenvalue weighted by atomic mass is 16.5. The van der Waals surface area contributed by atoms with E-state index in [1.165, 1.54) is 6.42 Å². The van der Waals surface area contributed by atoms with Crippen LogP contribution in [0.15, 0.2) is 18.5 Å². The molecule has 1 aliphatic carbocycles. The first-order valence-corrected chi connectivity index (χ1v) is 8.77. The number of piperidine rings is 1. The lowest BCUT2D eigenvalue weighted by Gasteiger charge is -2.41. The largest absolute Gasteiger partial charge is 0.374 e. The summed E-state index contributed by atoms with van der Waals surface area (Å²) in [5.74, 6) is 1.11. The molecule has 0 bridgehead atoms. The van der Waals surface area contributed by atoms with Crippen LogP contribution < -0.4 is 4.90 Å². The van der Waals surface area contributed by atoms with E-state index in [1.807, 2.05) is 6.07 Å². The van der Waals surface area contributed by atoms with Gasteiger partial charge in [0.25, 0.3) is 0 Å². The Labute approximate surface area is 136 Å². The van der Waals surface area contributed by atoms with E-state index in [2.05, 4.69) is 19.8 Å². The van der Waals surface area contributed by atoms with Crippen LogP contribution in [0.2, 0.25) is 0 Å². The van der Waals surface area contributed by atoms with E-state index in [-0.39, 0.29) is 12.0 Å². The van der Waals surface area contributed by atoms with E-state index in [9.17, 15) is 4.79 Å². The van der Waals surface area contributed by atoms with Crippen LogP contribution in [0, 0.1) is 5.92 Å². The Morgan fingerprint density at radius 3 is 2.87 bits per heavy atom. The number of hydrogen-bond acceptors (Lipinski definition) is 5. The molecule has 0 spiro atoms. The van der Waals surface area contributed by atoms with Gasteiger partial charge in [0, 0.05) is 32.0 Å². The van der Waals surface area contributed by atoms with Crippen LogP contribution >= 0.6 is 0 Å². The molecule has 1 amide bonds. The number of carbonyl (C=O) groups excluding carboxylic acids is 1. The Morgan fingerprint density at radius 2 is 2.00 bits per heavy atom. The first kappa shape index (κ1) is 14.9. The fourth-order valence-electron chi connectivity index (χ4n) is 4.25. The third-order valence-electron chi connectivity index (χ3n) is 5.37. The van der Waals surface area contributed by atoms with Crippen molar-refractivity contribution in [2.24, 2.45) is 5.92 Å². The maximum atomic E-state index is 13.1. The lowest BCUT2D eigenvalue weighted by Crippen LogP contribution is -2.55.